The van der Waals surface area contributed by atoms with Crippen molar-refractivity contribution in [1.29, 1.82) is 0 Å². The predicted octanol–water partition coefficient (Wildman–Crippen LogP) is 2.44. The molecule has 0 radical (unpaired) electrons. The van der Waals surface area contributed by atoms with Gasteiger partial charge in [-0.15, -0.1) is 0 Å². The lowest BCUT2D eigenvalue weighted by molar-refractivity contribution is 0.388. The van der Waals surface area contributed by atoms with Gasteiger partial charge in [-0.25, -0.2) is 0 Å². The molecule has 2 heterocycles. The molecule has 2 aromatic heterocycles. The van der Waals surface area contributed by atoms with Gasteiger partial charge in [0.05, 0.1) is 11.4 Å². The smallest absolute Gasteiger partial charge is 0.133 e. The second-order valence-electron chi connectivity index (χ2n) is 4.58. The molecule has 0 bridgehead atoms. The number of hydrogen-bond acceptors (Lipinski definition) is 4. The quantitative estimate of drug-likeness (QED) is 0.853. The minimum atomic E-state index is 0.456. The second kappa shape index (κ2) is 5.82. The van der Waals surface area contributed by atoms with E-state index in [0.29, 0.717) is 12.6 Å². The maximum Gasteiger partial charge on any atom is 0.133 e. The molecule has 1 N–H and O–H groups in total. The van der Waals surface area contributed by atoms with Crippen molar-refractivity contribution in [2.24, 2.45) is 0 Å². The Morgan fingerprint density at radius 2 is 2.17 bits per heavy atom. The lowest BCUT2D eigenvalue weighted by Crippen LogP contribution is -2.14. The SMILES string of the molecule is CCC(C)n1ccc(CNCc2cc(C)on2)n1. The molecular formula is C13H20N4O. The molecular weight excluding hydrogens is 228 g/mol. The highest BCUT2D eigenvalue weighted by Crippen LogP contribution is 2.09. The fourth-order valence-electron chi connectivity index (χ4n) is 1.72. The monoisotopic (exact) mass is 248 g/mol. The topological polar surface area (TPSA) is 55.9 Å². The second-order valence-corrected chi connectivity index (χ2v) is 4.58. The third-order valence-electron chi connectivity index (χ3n) is 2.99. The molecule has 5 nitrogen and oxygen atoms in total. The van der Waals surface area contributed by atoms with E-state index in [0.717, 1.165) is 30.1 Å². The molecule has 1 unspecified atom stereocenters. The van der Waals surface area contributed by atoms with Crippen LogP contribution < -0.4 is 5.32 Å². The summed E-state index contributed by atoms with van der Waals surface area (Å²) >= 11 is 0. The van der Waals surface area contributed by atoms with Crippen LogP contribution in [0.3, 0.4) is 0 Å². The molecule has 0 aromatic carbocycles. The van der Waals surface area contributed by atoms with Crippen LogP contribution in [0, 0.1) is 6.92 Å². The Morgan fingerprint density at radius 3 is 2.83 bits per heavy atom. The first-order valence-corrected chi connectivity index (χ1v) is 6.36. The molecule has 0 aliphatic carbocycles. The summed E-state index contributed by atoms with van der Waals surface area (Å²) in [5, 5.41) is 11.8. The first-order valence-electron chi connectivity index (χ1n) is 6.36. The molecule has 18 heavy (non-hydrogen) atoms. The van der Waals surface area contributed by atoms with Crippen LogP contribution in [-0.2, 0) is 13.1 Å². The van der Waals surface area contributed by atoms with Gasteiger partial charge in [0.1, 0.15) is 5.76 Å². The van der Waals surface area contributed by atoms with Crippen molar-refractivity contribution in [3.8, 4) is 0 Å². The van der Waals surface area contributed by atoms with E-state index in [1.807, 2.05) is 29.9 Å². The summed E-state index contributed by atoms with van der Waals surface area (Å²) in [7, 11) is 0. The first kappa shape index (κ1) is 12.8. The van der Waals surface area contributed by atoms with Gasteiger partial charge in [0.25, 0.3) is 0 Å². The third-order valence-corrected chi connectivity index (χ3v) is 2.99. The van der Waals surface area contributed by atoms with Gasteiger partial charge in [0.15, 0.2) is 0 Å². The molecule has 2 aromatic rings. The van der Waals surface area contributed by atoms with E-state index in [4.69, 9.17) is 4.52 Å². The van der Waals surface area contributed by atoms with Crippen molar-refractivity contribution < 1.29 is 4.52 Å². The van der Waals surface area contributed by atoms with E-state index < -0.39 is 0 Å². The largest absolute Gasteiger partial charge is 0.361 e. The van der Waals surface area contributed by atoms with E-state index in [9.17, 15) is 0 Å². The lowest BCUT2D eigenvalue weighted by Gasteiger charge is -2.08. The van der Waals surface area contributed by atoms with Crippen LogP contribution in [0.1, 0.15) is 43.5 Å². The van der Waals surface area contributed by atoms with Gasteiger partial charge in [-0.2, -0.15) is 5.10 Å². The van der Waals surface area contributed by atoms with Gasteiger partial charge < -0.3 is 9.84 Å². The van der Waals surface area contributed by atoms with Crippen LogP contribution in [0.5, 0.6) is 0 Å². The third kappa shape index (κ3) is 3.20. The molecule has 2 rings (SSSR count). The van der Waals surface area contributed by atoms with E-state index >= 15 is 0 Å². The van der Waals surface area contributed by atoms with Gasteiger partial charge in [-0.3, -0.25) is 4.68 Å². The zero-order chi connectivity index (χ0) is 13.0. The Hall–Kier alpha value is -1.62. The highest BCUT2D eigenvalue weighted by Gasteiger charge is 2.05. The molecule has 0 saturated carbocycles. The first-order chi connectivity index (χ1) is 8.69. The van der Waals surface area contributed by atoms with Crippen LogP contribution in [0.4, 0.5) is 0 Å². The van der Waals surface area contributed by atoms with Crippen LogP contribution in [0.25, 0.3) is 0 Å². The molecule has 0 aliphatic rings. The molecule has 0 amide bonds. The standard InChI is InChI=1S/C13H20N4O/c1-4-10(2)17-6-5-12(15-17)8-14-9-13-7-11(3)18-16-13/h5-7,10,14H,4,8-9H2,1-3H3. The van der Waals surface area contributed by atoms with Gasteiger partial charge >= 0.3 is 0 Å². The van der Waals surface area contributed by atoms with Crippen molar-refractivity contribution in [1.82, 2.24) is 20.3 Å². The summed E-state index contributed by atoms with van der Waals surface area (Å²) in [5.74, 6) is 0.841. The van der Waals surface area contributed by atoms with E-state index in [2.05, 4.69) is 29.4 Å². The average molecular weight is 248 g/mol. The van der Waals surface area contributed by atoms with Crippen molar-refractivity contribution in [2.45, 2.75) is 46.3 Å². The Bertz CT molecular complexity index is 489. The number of nitrogens with zero attached hydrogens (tertiary/aromatic N) is 3. The van der Waals surface area contributed by atoms with E-state index in [1.165, 1.54) is 0 Å². The zero-order valence-corrected chi connectivity index (χ0v) is 11.2. The molecule has 0 spiro atoms. The number of rotatable bonds is 6. The highest BCUT2D eigenvalue weighted by atomic mass is 16.5. The predicted molar refractivity (Wildman–Crippen MR) is 69.0 cm³/mol. The summed E-state index contributed by atoms with van der Waals surface area (Å²) in [5.41, 5.74) is 1.98. The maximum atomic E-state index is 5.01. The van der Waals surface area contributed by atoms with Crippen molar-refractivity contribution >= 4 is 0 Å². The molecule has 1 atom stereocenters. The lowest BCUT2D eigenvalue weighted by atomic mass is 10.3. The highest BCUT2D eigenvalue weighted by molar-refractivity contribution is 5.04. The minimum absolute atomic E-state index is 0.456. The van der Waals surface area contributed by atoms with Crippen LogP contribution in [-0.4, -0.2) is 14.9 Å². The molecule has 0 fully saturated rings. The van der Waals surface area contributed by atoms with E-state index in [1.54, 1.807) is 0 Å². The average Bonchev–Trinajstić information content (AvgIpc) is 2.98. The Balaban J connectivity index is 1.81. The summed E-state index contributed by atoms with van der Waals surface area (Å²) in [6.45, 7) is 7.67. The summed E-state index contributed by atoms with van der Waals surface area (Å²) < 4.78 is 7.02. The normalized spacial score (nSPS) is 12.8. The molecule has 0 saturated heterocycles. The number of hydrogen-bond donors (Lipinski definition) is 1. The zero-order valence-electron chi connectivity index (χ0n) is 11.2. The van der Waals surface area contributed by atoms with Gasteiger partial charge in [0, 0.05) is 31.4 Å². The number of aromatic nitrogens is 3. The maximum absolute atomic E-state index is 5.01. The van der Waals surface area contributed by atoms with Crippen LogP contribution in [0.15, 0.2) is 22.9 Å². The van der Waals surface area contributed by atoms with Gasteiger partial charge in [0.2, 0.25) is 0 Å². The molecule has 98 valence electrons. The van der Waals surface area contributed by atoms with E-state index in [-0.39, 0.29) is 0 Å². The van der Waals surface area contributed by atoms with Crippen LogP contribution >= 0.6 is 0 Å². The fourth-order valence-corrected chi connectivity index (χ4v) is 1.72. The van der Waals surface area contributed by atoms with Crippen LogP contribution in [0.2, 0.25) is 0 Å². The molecule has 5 heteroatoms. The van der Waals surface area contributed by atoms with Crippen molar-refractivity contribution in [3.05, 3.63) is 35.5 Å². The summed E-state index contributed by atoms with van der Waals surface area (Å²) in [6.07, 6.45) is 3.12. The Morgan fingerprint density at radius 1 is 1.39 bits per heavy atom. The number of nitrogens with one attached hydrogen (secondary N) is 1. The Kier molecular flexibility index (Phi) is 4.15. The minimum Gasteiger partial charge on any atom is -0.361 e. The Labute approximate surface area is 107 Å². The molecule has 0 aliphatic heterocycles. The van der Waals surface area contributed by atoms with Gasteiger partial charge in [-0.1, -0.05) is 12.1 Å². The van der Waals surface area contributed by atoms with Gasteiger partial charge in [-0.05, 0) is 26.3 Å². The summed E-state index contributed by atoms with van der Waals surface area (Å²) in [6, 6.07) is 4.44. The fraction of sp³-hybridized carbons (Fsp3) is 0.538. The van der Waals surface area contributed by atoms with Crippen molar-refractivity contribution in [3.63, 3.8) is 0 Å². The number of aryl methyl sites for hydroxylation is 1. The van der Waals surface area contributed by atoms with Crippen molar-refractivity contribution in [2.75, 3.05) is 0 Å². The summed E-state index contributed by atoms with van der Waals surface area (Å²) in [4.78, 5) is 0.